The molecule has 0 saturated heterocycles. The molecule has 3 N–H and O–H groups in total. The zero-order valence-corrected chi connectivity index (χ0v) is 23.3. The molecule has 9 nitrogen and oxygen atoms in total. The Morgan fingerprint density at radius 2 is 1.93 bits per heavy atom. The highest BCUT2D eigenvalue weighted by Gasteiger charge is 2.30. The first kappa shape index (κ1) is 28.9. The van der Waals surface area contributed by atoms with Crippen LogP contribution >= 0.6 is 0 Å². The number of furan rings is 1. The van der Waals surface area contributed by atoms with Gasteiger partial charge in [0.1, 0.15) is 35.9 Å². The van der Waals surface area contributed by atoms with E-state index in [1.165, 1.54) is 6.08 Å². The maximum absolute atomic E-state index is 13.7. The number of esters is 1. The topological polar surface area (TPSA) is 119 Å². The maximum Gasteiger partial charge on any atom is 0.408 e. The molecule has 2 aliphatic carbocycles. The number of anilines is 1. The molecule has 0 aliphatic heterocycles. The molecule has 1 aromatic heterocycles. The van der Waals surface area contributed by atoms with Gasteiger partial charge in [0, 0.05) is 42.7 Å². The van der Waals surface area contributed by atoms with E-state index in [-0.39, 0.29) is 31.3 Å². The maximum atomic E-state index is 13.7. The molecule has 1 heterocycles. The quantitative estimate of drug-likeness (QED) is 0.268. The first-order chi connectivity index (χ1) is 19.1. The van der Waals surface area contributed by atoms with Crippen LogP contribution in [0.3, 0.4) is 0 Å². The van der Waals surface area contributed by atoms with E-state index in [0.29, 0.717) is 46.7 Å². The van der Waals surface area contributed by atoms with E-state index in [4.69, 9.17) is 13.9 Å². The summed E-state index contributed by atoms with van der Waals surface area (Å²) in [4.78, 5) is 36.7. The van der Waals surface area contributed by atoms with Crippen molar-refractivity contribution in [1.82, 2.24) is 10.6 Å². The average molecular weight is 554 g/mol. The molecule has 10 heteroatoms. The number of fused-ring (bicyclic) bond motifs is 1. The highest BCUT2D eigenvalue weighted by Crippen LogP contribution is 2.46. The molecule has 2 amide bonds. The third-order valence-corrected chi connectivity index (χ3v) is 6.34. The summed E-state index contributed by atoms with van der Waals surface area (Å²) in [5, 5.41) is 9.12. The number of allylic oxidation sites excluding steroid dienone is 6. The second-order valence-corrected chi connectivity index (χ2v) is 10.8. The molecule has 0 spiro atoms. The van der Waals surface area contributed by atoms with Gasteiger partial charge in [0.15, 0.2) is 0 Å². The minimum absolute atomic E-state index is 0.0889. The second kappa shape index (κ2) is 12.4. The van der Waals surface area contributed by atoms with Crippen LogP contribution in [-0.2, 0) is 14.3 Å². The number of carbonyl (C=O) groups is 3. The fourth-order valence-corrected chi connectivity index (χ4v) is 4.39. The number of hydrogen-bond acceptors (Lipinski definition) is 7. The Hall–Kier alpha value is -4.08. The van der Waals surface area contributed by atoms with E-state index in [1.54, 1.807) is 40.0 Å². The van der Waals surface area contributed by atoms with Crippen molar-refractivity contribution in [3.05, 3.63) is 59.2 Å². The van der Waals surface area contributed by atoms with Gasteiger partial charge in [-0.1, -0.05) is 18.2 Å². The Morgan fingerprint density at radius 3 is 2.62 bits per heavy atom. The molecule has 0 radical (unpaired) electrons. The Balaban J connectivity index is 1.49. The van der Waals surface area contributed by atoms with Crippen LogP contribution in [0.25, 0.3) is 16.5 Å². The van der Waals surface area contributed by atoms with E-state index >= 15 is 0 Å². The van der Waals surface area contributed by atoms with Gasteiger partial charge in [0.05, 0.1) is 5.56 Å². The van der Waals surface area contributed by atoms with Gasteiger partial charge in [-0.2, -0.15) is 0 Å². The van der Waals surface area contributed by atoms with Crippen molar-refractivity contribution in [1.29, 1.82) is 0 Å². The van der Waals surface area contributed by atoms with Gasteiger partial charge in [0.2, 0.25) is 0 Å². The van der Waals surface area contributed by atoms with Crippen LogP contribution < -0.4 is 16.0 Å². The highest BCUT2D eigenvalue weighted by molar-refractivity contribution is 6.11. The predicted octanol–water partition coefficient (Wildman–Crippen LogP) is 5.74. The number of hydrogen-bond donors (Lipinski definition) is 3. The molecule has 0 atom stereocenters. The molecule has 1 saturated carbocycles. The summed E-state index contributed by atoms with van der Waals surface area (Å²) in [6.07, 6.45) is 8.82. The zero-order valence-electron chi connectivity index (χ0n) is 23.3. The largest absolute Gasteiger partial charge is 0.463 e. The van der Waals surface area contributed by atoms with Crippen LogP contribution in [0.2, 0.25) is 0 Å². The lowest BCUT2D eigenvalue weighted by atomic mass is 9.99. The van der Waals surface area contributed by atoms with Crippen LogP contribution in [-0.4, -0.2) is 50.3 Å². The average Bonchev–Trinajstić information content (AvgIpc) is 3.66. The number of ether oxygens (including phenoxy) is 2. The van der Waals surface area contributed by atoms with Gasteiger partial charge >= 0.3 is 12.1 Å². The van der Waals surface area contributed by atoms with E-state index in [1.807, 2.05) is 18.2 Å². The minimum Gasteiger partial charge on any atom is -0.463 e. The molecule has 0 unspecified atom stereocenters. The summed E-state index contributed by atoms with van der Waals surface area (Å²) in [6, 6.07) is 3.87. The number of alkyl carbamates (subject to hydrolysis) is 1. The standard InChI is InChI=1S/C30H36FN3O6/c1-30(2,3)40-29(37)34-17-25(35)38-14-13-33-23-16-24-22(15-21(23)18-11-12-18)26(28(36)32-4)27(39-24)19-7-5-9-20(31)10-6-8-19/h5,7-8,10,15-16,18,33H,6,9,11-14,17H2,1-4H3,(H,32,36)(H,34,37)/b7-5?,19-8?,20-10+. The van der Waals surface area contributed by atoms with Crippen LogP contribution in [0.4, 0.5) is 14.9 Å². The van der Waals surface area contributed by atoms with E-state index in [9.17, 15) is 18.8 Å². The summed E-state index contributed by atoms with van der Waals surface area (Å²) < 4.78 is 30.3. The molecular weight excluding hydrogens is 517 g/mol. The van der Waals surface area contributed by atoms with Crippen LogP contribution in [0, 0.1) is 0 Å². The summed E-state index contributed by atoms with van der Waals surface area (Å²) in [5.74, 6) is -0.242. The van der Waals surface area contributed by atoms with Crippen molar-refractivity contribution < 1.29 is 32.7 Å². The Kier molecular flexibility index (Phi) is 8.96. The molecule has 214 valence electrons. The van der Waals surface area contributed by atoms with Gasteiger partial charge in [-0.25, -0.2) is 9.18 Å². The van der Waals surface area contributed by atoms with Crippen molar-refractivity contribution in [3.63, 3.8) is 0 Å². The van der Waals surface area contributed by atoms with Gasteiger partial charge in [-0.05, 0) is 63.7 Å². The third kappa shape index (κ3) is 7.52. The molecule has 1 fully saturated rings. The van der Waals surface area contributed by atoms with Crippen molar-refractivity contribution in [2.45, 2.75) is 58.0 Å². The number of amides is 2. The van der Waals surface area contributed by atoms with Gasteiger partial charge in [-0.15, -0.1) is 0 Å². The first-order valence-electron chi connectivity index (χ1n) is 13.5. The van der Waals surface area contributed by atoms with Crippen LogP contribution in [0.5, 0.6) is 0 Å². The third-order valence-electron chi connectivity index (χ3n) is 6.34. The molecule has 2 aromatic rings. The smallest absolute Gasteiger partial charge is 0.408 e. The van der Waals surface area contributed by atoms with Crippen molar-refractivity contribution in [2.24, 2.45) is 0 Å². The number of benzene rings is 1. The van der Waals surface area contributed by atoms with E-state index in [2.05, 4.69) is 16.0 Å². The van der Waals surface area contributed by atoms with Crippen LogP contribution in [0.1, 0.15) is 74.1 Å². The van der Waals surface area contributed by atoms with E-state index < -0.39 is 17.7 Å². The van der Waals surface area contributed by atoms with Gasteiger partial charge < -0.3 is 29.8 Å². The number of rotatable bonds is 9. The van der Waals surface area contributed by atoms with Crippen molar-refractivity contribution >= 4 is 40.2 Å². The lowest BCUT2D eigenvalue weighted by Crippen LogP contribution is -2.36. The normalized spacial score (nSPS) is 16.7. The highest BCUT2D eigenvalue weighted by atomic mass is 19.1. The zero-order chi connectivity index (χ0) is 28.9. The summed E-state index contributed by atoms with van der Waals surface area (Å²) in [6.45, 7) is 5.34. The molecular formula is C30H36FN3O6. The SMILES string of the molecule is CNC(=O)c1c(C2=CC/C=C(/F)CC=C2)oc2cc(NCCOC(=O)CNC(=O)OC(C)(C)C)c(C3CC3)cc12. The fourth-order valence-electron chi connectivity index (χ4n) is 4.39. The molecule has 2 aliphatic rings. The molecule has 0 bridgehead atoms. The summed E-state index contributed by atoms with van der Waals surface area (Å²) in [5.41, 5.74) is 2.94. The number of halogens is 1. The Bertz CT molecular complexity index is 1380. The lowest BCUT2D eigenvalue weighted by Gasteiger charge is -2.19. The monoisotopic (exact) mass is 553 g/mol. The Morgan fingerprint density at radius 1 is 1.15 bits per heavy atom. The molecule has 40 heavy (non-hydrogen) atoms. The van der Waals surface area contributed by atoms with E-state index in [0.717, 1.165) is 24.1 Å². The summed E-state index contributed by atoms with van der Waals surface area (Å²) >= 11 is 0. The molecule has 1 aromatic carbocycles. The number of carbonyl (C=O) groups excluding carboxylic acids is 3. The second-order valence-electron chi connectivity index (χ2n) is 10.8. The van der Waals surface area contributed by atoms with Crippen molar-refractivity contribution in [2.75, 3.05) is 32.1 Å². The van der Waals surface area contributed by atoms with Gasteiger partial charge in [0.25, 0.3) is 5.91 Å². The first-order valence-corrected chi connectivity index (χ1v) is 13.5. The molecule has 4 rings (SSSR count). The van der Waals surface area contributed by atoms with Gasteiger partial charge in [-0.3, -0.25) is 9.59 Å². The number of nitrogens with one attached hydrogen (secondary N) is 3. The van der Waals surface area contributed by atoms with Crippen LogP contribution in [0.15, 0.2) is 46.7 Å². The fraction of sp³-hybridized carbons (Fsp3) is 0.433. The minimum atomic E-state index is -0.687. The predicted molar refractivity (Wildman–Crippen MR) is 151 cm³/mol. The lowest BCUT2D eigenvalue weighted by molar-refractivity contribution is -0.142. The van der Waals surface area contributed by atoms with Crippen molar-refractivity contribution in [3.8, 4) is 0 Å². The Labute approximate surface area is 232 Å². The summed E-state index contributed by atoms with van der Waals surface area (Å²) in [7, 11) is 1.58.